The van der Waals surface area contributed by atoms with Gasteiger partial charge in [0.25, 0.3) is 5.91 Å². The first kappa shape index (κ1) is 31.7. The fourth-order valence-electron chi connectivity index (χ4n) is 4.96. The van der Waals surface area contributed by atoms with E-state index in [1.165, 1.54) is 4.90 Å². The number of carbonyl (C=O) groups is 3. The summed E-state index contributed by atoms with van der Waals surface area (Å²) in [4.78, 5) is 45.1. The van der Waals surface area contributed by atoms with Crippen LogP contribution in [0.4, 0.5) is 10.5 Å². The summed E-state index contributed by atoms with van der Waals surface area (Å²) in [6.45, 7) is 5.93. The molecule has 10 nitrogen and oxygen atoms in total. The summed E-state index contributed by atoms with van der Waals surface area (Å²) in [5.41, 5.74) is 7.83. The second-order valence-electron chi connectivity index (χ2n) is 11.5. The van der Waals surface area contributed by atoms with E-state index in [1.54, 1.807) is 24.3 Å². The van der Waals surface area contributed by atoms with E-state index in [0.29, 0.717) is 36.5 Å². The molecule has 3 amide bonds. The van der Waals surface area contributed by atoms with Crippen LogP contribution < -0.4 is 16.0 Å². The molecule has 4 N–H and O–H groups in total. The number of aromatic amines is 1. The van der Waals surface area contributed by atoms with Crippen molar-refractivity contribution in [3.63, 3.8) is 0 Å². The summed E-state index contributed by atoms with van der Waals surface area (Å²) < 4.78 is 6.25. The molecule has 4 rings (SSSR count). The number of rotatable bonds is 8. The maximum atomic E-state index is 13.9. The highest BCUT2D eigenvalue weighted by Gasteiger charge is 2.35. The molecule has 1 fully saturated rings. The molecule has 1 aromatic heterocycles. The van der Waals surface area contributed by atoms with Crippen LogP contribution in [0.5, 0.6) is 0 Å². The number of nitrogens with one attached hydrogen (secondary N) is 2. The van der Waals surface area contributed by atoms with Gasteiger partial charge in [0.2, 0.25) is 11.2 Å². The first-order chi connectivity index (χ1) is 19.9. The molecule has 1 saturated carbocycles. The van der Waals surface area contributed by atoms with Gasteiger partial charge < -0.3 is 15.8 Å². The highest BCUT2D eigenvalue weighted by atomic mass is 79.9. The van der Waals surface area contributed by atoms with E-state index in [1.807, 2.05) is 45.0 Å². The molecule has 12 heteroatoms. The normalized spacial score (nSPS) is 17.8. The molecule has 0 spiro atoms. The summed E-state index contributed by atoms with van der Waals surface area (Å²) in [6.07, 6.45) is 2.51. The number of aromatic nitrogens is 3. The molecule has 1 aliphatic rings. The molecule has 1 heterocycles. The molecule has 224 valence electrons. The molecule has 2 aromatic carbocycles. The van der Waals surface area contributed by atoms with Gasteiger partial charge in [0.1, 0.15) is 5.60 Å². The van der Waals surface area contributed by atoms with Gasteiger partial charge in [0.05, 0.1) is 11.7 Å². The van der Waals surface area contributed by atoms with Crippen molar-refractivity contribution in [2.75, 3.05) is 11.4 Å². The maximum absolute atomic E-state index is 13.9. The number of H-pyrrole nitrogens is 1. The third kappa shape index (κ3) is 8.62. The molecule has 0 aliphatic heterocycles. The highest BCUT2D eigenvalue weighted by Crippen LogP contribution is 2.32. The predicted octanol–water partition coefficient (Wildman–Crippen LogP) is 5.65. The zero-order valence-corrected chi connectivity index (χ0v) is 26.2. The lowest BCUT2D eigenvalue weighted by atomic mass is 9.81. The highest BCUT2D eigenvalue weighted by molar-refractivity contribution is 9.10. The van der Waals surface area contributed by atoms with Crippen molar-refractivity contribution in [3.8, 4) is 11.4 Å². The zero-order chi connectivity index (χ0) is 30.4. The van der Waals surface area contributed by atoms with Crippen LogP contribution in [0.25, 0.3) is 11.4 Å². The summed E-state index contributed by atoms with van der Waals surface area (Å²) in [5.74, 6) is -0.472. The van der Waals surface area contributed by atoms with Gasteiger partial charge in [-0.15, -0.1) is 0 Å². The first-order valence-corrected chi connectivity index (χ1v) is 15.1. The van der Waals surface area contributed by atoms with E-state index in [0.717, 1.165) is 22.9 Å². The Morgan fingerprint density at radius 2 is 1.74 bits per heavy atom. The number of alkyl carbamates (subject to hydrolysis) is 1. The van der Waals surface area contributed by atoms with E-state index in [9.17, 15) is 14.4 Å². The van der Waals surface area contributed by atoms with E-state index in [4.69, 9.17) is 22.1 Å². The first-order valence-electron chi connectivity index (χ1n) is 13.9. The van der Waals surface area contributed by atoms with Crippen LogP contribution in [-0.4, -0.2) is 51.3 Å². The van der Waals surface area contributed by atoms with Crippen molar-refractivity contribution in [3.05, 3.63) is 63.9 Å². The van der Waals surface area contributed by atoms with Crippen LogP contribution in [0, 0.1) is 11.8 Å². The number of nitrogens with zero attached hydrogens (tertiary/aromatic N) is 3. The van der Waals surface area contributed by atoms with E-state index in [2.05, 4.69) is 36.4 Å². The number of ether oxygens (including phenoxy) is 1. The predicted molar refractivity (Wildman–Crippen MR) is 165 cm³/mol. The lowest BCUT2D eigenvalue weighted by Crippen LogP contribution is -2.50. The van der Waals surface area contributed by atoms with Crippen LogP contribution in [0.1, 0.15) is 52.0 Å². The fourth-order valence-corrected chi connectivity index (χ4v) is 5.35. The van der Waals surface area contributed by atoms with Crippen molar-refractivity contribution in [1.82, 2.24) is 20.5 Å². The van der Waals surface area contributed by atoms with Crippen molar-refractivity contribution in [1.29, 1.82) is 0 Å². The molecule has 0 saturated heterocycles. The Bertz CT molecular complexity index is 1380. The molecule has 0 unspecified atom stereocenters. The minimum atomic E-state index is -0.920. The molecule has 42 heavy (non-hydrogen) atoms. The second kappa shape index (κ2) is 13.8. The van der Waals surface area contributed by atoms with Crippen LogP contribution in [0.15, 0.2) is 53.0 Å². The van der Waals surface area contributed by atoms with Crippen molar-refractivity contribution in [2.24, 2.45) is 17.6 Å². The Kier molecular flexibility index (Phi) is 10.4. The Morgan fingerprint density at radius 3 is 2.31 bits per heavy atom. The SMILES string of the molecule is CC(C)(C)OC(=O)NCC1CCC(C(=O)N(C(=O)[C@@H](N)Cc2ccc(Br)cc2)c2ccc(-c3n[nH]c(Cl)n3)cc2)CC1. The van der Waals surface area contributed by atoms with Crippen molar-refractivity contribution in [2.45, 2.75) is 64.5 Å². The fraction of sp³-hybridized carbons (Fsp3) is 0.433. The van der Waals surface area contributed by atoms with E-state index >= 15 is 0 Å². The largest absolute Gasteiger partial charge is 0.444 e. The number of hydrogen-bond acceptors (Lipinski definition) is 7. The number of carbonyl (C=O) groups excluding carboxylic acids is 3. The average molecular weight is 660 g/mol. The number of imide groups is 1. The van der Waals surface area contributed by atoms with Gasteiger partial charge in [0.15, 0.2) is 5.82 Å². The Balaban J connectivity index is 1.47. The van der Waals surface area contributed by atoms with Gasteiger partial charge in [0, 0.05) is 22.5 Å². The summed E-state index contributed by atoms with van der Waals surface area (Å²) >= 11 is 9.29. The number of benzene rings is 2. The number of nitrogens with two attached hydrogens (primary N) is 1. The maximum Gasteiger partial charge on any atom is 0.407 e. The van der Waals surface area contributed by atoms with Crippen molar-refractivity contribution >= 4 is 51.1 Å². The molecule has 3 aromatic rings. The molecule has 1 atom stereocenters. The van der Waals surface area contributed by atoms with E-state index < -0.39 is 23.6 Å². The van der Waals surface area contributed by atoms with Gasteiger partial charge in [-0.1, -0.05) is 28.1 Å². The lowest BCUT2D eigenvalue weighted by molar-refractivity contribution is -0.130. The molecule has 0 radical (unpaired) electrons. The minimum absolute atomic E-state index is 0.164. The van der Waals surface area contributed by atoms with Gasteiger partial charge in [-0.25, -0.2) is 14.8 Å². The summed E-state index contributed by atoms with van der Waals surface area (Å²) in [6, 6.07) is 13.5. The standard InChI is InChI=1S/C30H36BrClN6O4/c1-30(2,3)42-29(41)34-17-19-4-8-21(9-5-19)26(39)38(27(40)24(33)16-18-6-12-22(31)13-7-18)23-14-10-20(11-15-23)25-35-28(32)37-36-25/h6-7,10-15,19,21,24H,4-5,8-9,16-17,33H2,1-3H3,(H,34,41)(H,35,36,37)/t19?,21?,24-/m0/s1. The monoisotopic (exact) mass is 658 g/mol. The Morgan fingerprint density at radius 1 is 1.10 bits per heavy atom. The number of anilines is 1. The minimum Gasteiger partial charge on any atom is -0.444 e. The Labute approximate surface area is 258 Å². The quantitative estimate of drug-likeness (QED) is 0.284. The third-order valence-corrected chi connectivity index (χ3v) is 7.80. The summed E-state index contributed by atoms with van der Waals surface area (Å²) in [7, 11) is 0. The second-order valence-corrected chi connectivity index (χ2v) is 12.8. The molecule has 1 aliphatic carbocycles. The smallest absolute Gasteiger partial charge is 0.407 e. The van der Waals surface area contributed by atoms with Crippen LogP contribution in [0.3, 0.4) is 0 Å². The van der Waals surface area contributed by atoms with Gasteiger partial charge in [-0.2, -0.15) is 10.1 Å². The lowest BCUT2D eigenvalue weighted by Gasteiger charge is -2.32. The molecule has 0 bridgehead atoms. The zero-order valence-electron chi connectivity index (χ0n) is 23.9. The van der Waals surface area contributed by atoms with Crippen LogP contribution in [0.2, 0.25) is 5.28 Å². The van der Waals surface area contributed by atoms with Gasteiger partial charge >= 0.3 is 6.09 Å². The Hall–Kier alpha value is -3.28. The number of hydrogen-bond donors (Lipinski definition) is 3. The van der Waals surface area contributed by atoms with Crippen LogP contribution >= 0.6 is 27.5 Å². The molecular weight excluding hydrogens is 624 g/mol. The van der Waals surface area contributed by atoms with Gasteiger partial charge in [-0.05, 0) is 112 Å². The average Bonchev–Trinajstić information content (AvgIpc) is 3.39. The number of amides is 3. The topological polar surface area (TPSA) is 143 Å². The third-order valence-electron chi connectivity index (χ3n) is 7.10. The number of halogens is 2. The van der Waals surface area contributed by atoms with Crippen molar-refractivity contribution < 1.29 is 19.1 Å². The van der Waals surface area contributed by atoms with E-state index in [-0.39, 0.29) is 29.4 Å². The van der Waals surface area contributed by atoms with Crippen LogP contribution in [-0.2, 0) is 20.7 Å². The van der Waals surface area contributed by atoms with Gasteiger partial charge in [-0.3, -0.25) is 9.59 Å². The summed E-state index contributed by atoms with van der Waals surface area (Å²) in [5, 5.41) is 9.65. The molecular formula is C30H36BrClN6O4.